The summed E-state index contributed by atoms with van der Waals surface area (Å²) in [5, 5.41) is 0. The number of hydrogen-bond donors (Lipinski definition) is 0. The molecule has 0 radical (unpaired) electrons. The van der Waals surface area contributed by atoms with Gasteiger partial charge in [0.2, 0.25) is 0 Å². The predicted molar refractivity (Wildman–Crippen MR) is 104 cm³/mol. The van der Waals surface area contributed by atoms with Gasteiger partial charge in [0.1, 0.15) is 6.29 Å². The van der Waals surface area contributed by atoms with E-state index in [1.165, 1.54) is 0 Å². The Morgan fingerprint density at radius 2 is 1.96 bits per heavy atom. The van der Waals surface area contributed by atoms with Crippen LogP contribution in [-0.2, 0) is 19.1 Å². The zero-order chi connectivity index (χ0) is 19.7. The summed E-state index contributed by atoms with van der Waals surface area (Å²) >= 11 is 3.43. The smallest absolute Gasteiger partial charge is 0.311 e. The molecule has 0 fully saturated rings. The second-order valence-electron chi connectivity index (χ2n) is 8.62. The summed E-state index contributed by atoms with van der Waals surface area (Å²) in [6, 6.07) is 0. The Kier molecular flexibility index (Phi) is 5.95. The summed E-state index contributed by atoms with van der Waals surface area (Å²) in [5.74, 6) is -0.353. The second-order valence-corrected chi connectivity index (χ2v) is 9.64. The molecule has 26 heavy (non-hydrogen) atoms. The van der Waals surface area contributed by atoms with Gasteiger partial charge in [0.15, 0.2) is 0 Å². The molecule has 0 spiro atoms. The Labute approximate surface area is 163 Å². The van der Waals surface area contributed by atoms with Crippen LogP contribution in [0.15, 0.2) is 33.4 Å². The number of carbonyl (C=O) groups is 3. The Morgan fingerprint density at radius 3 is 2.54 bits per heavy atom. The number of amides is 1. The van der Waals surface area contributed by atoms with Gasteiger partial charge in [0.25, 0.3) is 5.91 Å². The van der Waals surface area contributed by atoms with Crippen molar-refractivity contribution in [3.05, 3.63) is 33.4 Å². The van der Waals surface area contributed by atoms with Gasteiger partial charge in [-0.3, -0.25) is 14.4 Å². The van der Waals surface area contributed by atoms with Crippen molar-refractivity contribution in [3.63, 3.8) is 0 Å². The first-order chi connectivity index (χ1) is 11.9. The number of rotatable bonds is 5. The van der Waals surface area contributed by atoms with Crippen molar-refractivity contribution >= 4 is 34.1 Å². The van der Waals surface area contributed by atoms with Gasteiger partial charge in [0.05, 0.1) is 12.0 Å². The van der Waals surface area contributed by atoms with Crippen molar-refractivity contribution in [1.29, 1.82) is 0 Å². The lowest BCUT2D eigenvalue weighted by Gasteiger charge is -2.37. The van der Waals surface area contributed by atoms with E-state index >= 15 is 0 Å². The third-order valence-corrected chi connectivity index (χ3v) is 4.84. The molecule has 6 heteroatoms. The molecule has 0 saturated carbocycles. The number of carbonyl (C=O) groups excluding carboxylic acids is 3. The molecule has 2 aliphatic rings. The van der Waals surface area contributed by atoms with Crippen molar-refractivity contribution < 1.29 is 19.1 Å². The van der Waals surface area contributed by atoms with E-state index in [-0.39, 0.29) is 25.0 Å². The van der Waals surface area contributed by atoms with Gasteiger partial charge < -0.3 is 9.64 Å². The van der Waals surface area contributed by atoms with Crippen LogP contribution in [0.3, 0.4) is 0 Å². The normalized spacial score (nSPS) is 18.2. The van der Waals surface area contributed by atoms with Crippen LogP contribution >= 0.6 is 15.9 Å². The Hall–Kier alpha value is -1.69. The van der Waals surface area contributed by atoms with Gasteiger partial charge in [-0.1, -0.05) is 35.9 Å². The lowest BCUT2D eigenvalue weighted by molar-refractivity contribution is -0.156. The molecule has 0 N–H and O–H groups in total. The molecule has 0 atom stereocenters. The van der Waals surface area contributed by atoms with E-state index in [4.69, 9.17) is 4.74 Å². The lowest BCUT2D eigenvalue weighted by Crippen LogP contribution is -2.45. The van der Waals surface area contributed by atoms with Gasteiger partial charge in [-0.2, -0.15) is 0 Å². The highest BCUT2D eigenvalue weighted by molar-refractivity contribution is 9.11. The van der Waals surface area contributed by atoms with Crippen molar-refractivity contribution in [2.24, 2.45) is 10.8 Å². The van der Waals surface area contributed by atoms with Gasteiger partial charge in [0, 0.05) is 29.7 Å². The molecule has 1 aliphatic carbocycles. The van der Waals surface area contributed by atoms with Gasteiger partial charge in [-0.15, -0.1) is 0 Å². The lowest BCUT2D eigenvalue weighted by atomic mass is 9.87. The largest absolute Gasteiger partial charge is 0.465 e. The number of halogens is 1. The third-order valence-electron chi connectivity index (χ3n) is 4.28. The minimum absolute atomic E-state index is 0.0860. The fourth-order valence-electron chi connectivity index (χ4n) is 2.87. The van der Waals surface area contributed by atoms with E-state index in [1.807, 2.05) is 26.0 Å². The summed E-state index contributed by atoms with van der Waals surface area (Å²) in [4.78, 5) is 38.1. The third kappa shape index (κ3) is 4.72. The molecule has 0 aromatic carbocycles. The molecule has 2 rings (SSSR count). The van der Waals surface area contributed by atoms with Crippen LogP contribution in [0.1, 0.15) is 41.0 Å². The van der Waals surface area contributed by atoms with Crippen LogP contribution in [0.2, 0.25) is 0 Å². The zero-order valence-corrected chi connectivity index (χ0v) is 17.6. The first kappa shape index (κ1) is 20.6. The number of aldehydes is 1. The summed E-state index contributed by atoms with van der Waals surface area (Å²) in [7, 11) is 0. The molecule has 0 bridgehead atoms. The number of nitrogens with zero attached hydrogens (tertiary/aromatic N) is 1. The molecule has 0 aromatic rings. The number of hydrogen-bond acceptors (Lipinski definition) is 4. The fourth-order valence-corrected chi connectivity index (χ4v) is 3.26. The summed E-state index contributed by atoms with van der Waals surface area (Å²) < 4.78 is 6.38. The van der Waals surface area contributed by atoms with Gasteiger partial charge >= 0.3 is 5.97 Å². The Morgan fingerprint density at radius 1 is 1.31 bits per heavy atom. The summed E-state index contributed by atoms with van der Waals surface area (Å²) in [6.07, 6.45) is 5.16. The van der Waals surface area contributed by atoms with Crippen LogP contribution in [0.4, 0.5) is 0 Å². The molecule has 0 aromatic heterocycles. The molecule has 142 valence electrons. The van der Waals surface area contributed by atoms with Crippen molar-refractivity contribution in [3.8, 4) is 0 Å². The molecular weight excluding hydrogens is 398 g/mol. The molecule has 1 amide bonds. The van der Waals surface area contributed by atoms with Crippen LogP contribution in [-0.4, -0.2) is 42.8 Å². The van der Waals surface area contributed by atoms with Crippen molar-refractivity contribution in [2.45, 2.75) is 41.0 Å². The number of fused-ring (bicyclic) bond motifs is 1. The first-order valence-corrected chi connectivity index (χ1v) is 9.45. The minimum Gasteiger partial charge on any atom is -0.465 e. The quantitative estimate of drug-likeness (QED) is 0.500. The average Bonchev–Trinajstić information content (AvgIpc) is 2.54. The monoisotopic (exact) mass is 423 g/mol. The maximum atomic E-state index is 12.9. The fraction of sp³-hybridized carbons (Fsp3) is 0.550. The maximum Gasteiger partial charge on any atom is 0.311 e. The number of esters is 1. The number of allylic oxidation sites excluding steroid dienone is 3. The second kappa shape index (κ2) is 7.51. The summed E-state index contributed by atoms with van der Waals surface area (Å²) in [6.45, 7) is 10.2. The van der Waals surface area contributed by atoms with Crippen LogP contribution in [0.25, 0.3) is 0 Å². The van der Waals surface area contributed by atoms with Crippen LogP contribution < -0.4 is 0 Å². The molecule has 1 aliphatic heterocycles. The molecular formula is C20H26BrNO4. The van der Waals surface area contributed by atoms with E-state index in [2.05, 4.69) is 15.9 Å². The van der Waals surface area contributed by atoms with Gasteiger partial charge in [-0.05, 0) is 43.3 Å². The van der Waals surface area contributed by atoms with E-state index in [1.54, 1.807) is 25.7 Å². The molecule has 0 saturated heterocycles. The maximum absolute atomic E-state index is 12.9. The van der Waals surface area contributed by atoms with Crippen molar-refractivity contribution in [1.82, 2.24) is 4.90 Å². The Bertz CT molecular complexity index is 723. The van der Waals surface area contributed by atoms with Crippen LogP contribution in [0.5, 0.6) is 0 Å². The molecule has 1 heterocycles. The zero-order valence-electron chi connectivity index (χ0n) is 16.0. The SMILES string of the molecule is CC(C)(COC(=O)C(C)(C)C)CN1CC(C=O)=C2C=C(Br)CC=C2C1=O. The highest BCUT2D eigenvalue weighted by Gasteiger charge is 2.35. The van der Waals surface area contributed by atoms with Gasteiger partial charge in [-0.25, -0.2) is 0 Å². The van der Waals surface area contributed by atoms with Crippen LogP contribution in [0, 0.1) is 10.8 Å². The van der Waals surface area contributed by atoms with E-state index in [9.17, 15) is 14.4 Å². The summed E-state index contributed by atoms with van der Waals surface area (Å²) in [5.41, 5.74) is 0.884. The van der Waals surface area contributed by atoms with E-state index in [0.29, 0.717) is 29.7 Å². The van der Waals surface area contributed by atoms with E-state index in [0.717, 1.165) is 10.8 Å². The van der Waals surface area contributed by atoms with Crippen molar-refractivity contribution in [2.75, 3.05) is 19.7 Å². The molecule has 5 nitrogen and oxygen atoms in total. The minimum atomic E-state index is -0.564. The molecule has 0 unspecified atom stereocenters. The topological polar surface area (TPSA) is 63.7 Å². The average molecular weight is 424 g/mol. The highest BCUT2D eigenvalue weighted by atomic mass is 79.9. The van der Waals surface area contributed by atoms with E-state index < -0.39 is 10.8 Å². The Balaban J connectivity index is 2.14. The number of ether oxygens (including phenoxy) is 1. The standard InChI is InChI=1S/C20H26BrNO4/c1-19(2,3)18(25)26-12-20(4,5)11-22-9-13(10-23)16-8-14(21)6-7-15(16)17(22)24/h7-8,10H,6,9,11-12H2,1-5H3. The highest BCUT2D eigenvalue weighted by Crippen LogP contribution is 2.34. The predicted octanol–water partition coefficient (Wildman–Crippen LogP) is 3.55. The first-order valence-electron chi connectivity index (χ1n) is 8.66.